The monoisotopic (exact) mass is 427 g/mol. The van der Waals surface area contributed by atoms with Crippen LogP contribution in [-0.4, -0.2) is 39.2 Å². The van der Waals surface area contributed by atoms with Gasteiger partial charge in [-0.05, 0) is 51.0 Å². The van der Waals surface area contributed by atoms with Crippen LogP contribution in [-0.2, 0) is 16.1 Å². The summed E-state index contributed by atoms with van der Waals surface area (Å²) >= 11 is 6.43. The molecule has 0 atom stereocenters. The van der Waals surface area contributed by atoms with Crippen molar-refractivity contribution in [3.8, 4) is 0 Å². The third-order valence-corrected chi connectivity index (χ3v) is 5.91. The highest BCUT2D eigenvalue weighted by Crippen LogP contribution is 2.34. The maximum atomic E-state index is 12.8. The lowest BCUT2D eigenvalue weighted by molar-refractivity contribution is -0.133. The third kappa shape index (κ3) is 4.59. The summed E-state index contributed by atoms with van der Waals surface area (Å²) in [6.07, 6.45) is 8.33. The van der Waals surface area contributed by atoms with Crippen molar-refractivity contribution in [1.29, 1.82) is 0 Å². The van der Waals surface area contributed by atoms with Gasteiger partial charge in [-0.1, -0.05) is 48.0 Å². The smallest absolute Gasteiger partial charge is 0.343 e. The van der Waals surface area contributed by atoms with E-state index in [4.69, 9.17) is 16.3 Å². The van der Waals surface area contributed by atoms with Gasteiger partial charge >= 0.3 is 5.97 Å². The van der Waals surface area contributed by atoms with Crippen LogP contribution in [0.4, 0.5) is 0 Å². The third-order valence-electron chi connectivity index (χ3n) is 5.53. The van der Waals surface area contributed by atoms with Gasteiger partial charge in [0, 0.05) is 11.7 Å². The quantitative estimate of drug-likeness (QED) is 0.610. The zero-order valence-corrected chi connectivity index (χ0v) is 17.9. The average molecular weight is 428 g/mol. The number of carbonyl (C=O) groups is 2. The van der Waals surface area contributed by atoms with E-state index in [1.54, 1.807) is 11.6 Å². The molecule has 0 unspecified atom stereocenters. The number of ether oxygens (including phenoxy) is 1. The van der Waals surface area contributed by atoms with E-state index in [-0.39, 0.29) is 29.3 Å². The van der Waals surface area contributed by atoms with E-state index in [0.29, 0.717) is 12.2 Å². The first-order valence-corrected chi connectivity index (χ1v) is 10.9. The molecule has 2 aliphatic carbocycles. The van der Waals surface area contributed by atoms with Crippen LogP contribution in [0.1, 0.15) is 60.1 Å². The Balaban J connectivity index is 1.42. The Morgan fingerprint density at radius 3 is 2.67 bits per heavy atom. The molecule has 6 nitrogen and oxygen atoms in total. The summed E-state index contributed by atoms with van der Waals surface area (Å²) in [5.74, 6) is -0.775. The minimum Gasteiger partial charge on any atom is -0.452 e. The fourth-order valence-corrected chi connectivity index (χ4v) is 4.20. The molecule has 4 rings (SSSR count). The first kappa shape index (κ1) is 20.7. The lowest BCUT2D eigenvalue weighted by Gasteiger charge is -2.27. The number of aromatic nitrogens is 2. The molecule has 0 N–H and O–H groups in total. The molecular weight excluding hydrogens is 402 g/mol. The van der Waals surface area contributed by atoms with Crippen LogP contribution in [0.15, 0.2) is 42.1 Å². The summed E-state index contributed by atoms with van der Waals surface area (Å²) in [4.78, 5) is 27.4. The zero-order valence-electron chi connectivity index (χ0n) is 17.1. The van der Waals surface area contributed by atoms with E-state index in [1.165, 1.54) is 0 Å². The Labute approximate surface area is 181 Å². The molecule has 7 heteroatoms. The van der Waals surface area contributed by atoms with E-state index in [9.17, 15) is 9.59 Å². The topological polar surface area (TPSA) is 64.4 Å². The van der Waals surface area contributed by atoms with Gasteiger partial charge in [0.2, 0.25) is 0 Å². The maximum Gasteiger partial charge on any atom is 0.343 e. The Kier molecular flexibility index (Phi) is 6.23. The number of allylic oxidation sites excluding steroid dienone is 2. The Morgan fingerprint density at radius 2 is 2.00 bits per heavy atom. The molecule has 1 aromatic heterocycles. The van der Waals surface area contributed by atoms with Crippen LogP contribution in [0.5, 0.6) is 0 Å². The molecule has 0 spiro atoms. The molecule has 0 radical (unpaired) electrons. The van der Waals surface area contributed by atoms with Crippen molar-refractivity contribution >= 4 is 23.5 Å². The lowest BCUT2D eigenvalue weighted by atomic mass is 10.0. The van der Waals surface area contributed by atoms with E-state index >= 15 is 0 Å². The Morgan fingerprint density at radius 1 is 1.23 bits per heavy atom. The second kappa shape index (κ2) is 9.04. The van der Waals surface area contributed by atoms with Crippen LogP contribution >= 0.6 is 11.6 Å². The first-order chi connectivity index (χ1) is 14.5. The van der Waals surface area contributed by atoms with Gasteiger partial charge in [-0.15, -0.1) is 0 Å². The number of esters is 1. The van der Waals surface area contributed by atoms with Gasteiger partial charge in [0.15, 0.2) is 6.61 Å². The van der Waals surface area contributed by atoms with E-state index in [2.05, 4.69) is 11.2 Å². The molecular formula is C23H26ClN3O3. The summed E-state index contributed by atoms with van der Waals surface area (Å²) < 4.78 is 6.95. The number of carbonyl (C=O) groups excluding carboxylic acids is 2. The molecule has 0 saturated heterocycles. The molecule has 0 bridgehead atoms. The zero-order chi connectivity index (χ0) is 21.1. The van der Waals surface area contributed by atoms with E-state index in [0.717, 1.165) is 49.8 Å². The molecule has 1 saturated carbocycles. The normalized spacial score (nSPS) is 16.1. The molecule has 158 valence electrons. The predicted octanol–water partition coefficient (Wildman–Crippen LogP) is 4.50. The summed E-state index contributed by atoms with van der Waals surface area (Å²) in [6, 6.07) is 10.0. The van der Waals surface area contributed by atoms with Crippen molar-refractivity contribution in [3.05, 3.63) is 64.1 Å². The lowest BCUT2D eigenvalue weighted by Crippen LogP contribution is -2.36. The van der Waals surface area contributed by atoms with Crippen molar-refractivity contribution in [2.24, 2.45) is 0 Å². The second-order valence-electron chi connectivity index (χ2n) is 7.91. The van der Waals surface area contributed by atoms with Gasteiger partial charge in [0.05, 0.1) is 12.2 Å². The number of rotatable bonds is 7. The summed E-state index contributed by atoms with van der Waals surface area (Å²) in [6.45, 7) is 1.89. The van der Waals surface area contributed by atoms with E-state index in [1.807, 2.05) is 35.2 Å². The standard InChI is InChI=1S/C23H26ClN3O3/c1-16-21(22(24)26(25-16)14-17-8-4-2-5-9-17)23(29)30-15-20(28)27(19-12-13-19)18-10-6-3-7-11-18/h2,4-5,8-10,19H,3,6-7,11-15H2,1H3. The molecule has 1 heterocycles. The van der Waals surface area contributed by atoms with E-state index < -0.39 is 5.97 Å². The summed E-state index contributed by atoms with van der Waals surface area (Å²) in [7, 11) is 0. The molecule has 1 fully saturated rings. The van der Waals surface area contributed by atoms with Crippen LogP contribution in [0.25, 0.3) is 0 Å². The number of benzene rings is 1. The number of halogens is 1. The summed E-state index contributed by atoms with van der Waals surface area (Å²) in [5, 5.41) is 4.60. The predicted molar refractivity (Wildman–Crippen MR) is 114 cm³/mol. The number of nitrogens with zero attached hydrogens (tertiary/aromatic N) is 3. The fraction of sp³-hybridized carbons (Fsp3) is 0.435. The Hall–Kier alpha value is -2.60. The van der Waals surface area contributed by atoms with Gasteiger partial charge in [0.1, 0.15) is 10.7 Å². The van der Waals surface area contributed by atoms with Gasteiger partial charge in [-0.2, -0.15) is 5.10 Å². The highest BCUT2D eigenvalue weighted by Gasteiger charge is 2.35. The first-order valence-electron chi connectivity index (χ1n) is 10.5. The van der Waals surface area contributed by atoms with Crippen LogP contribution in [0, 0.1) is 6.92 Å². The van der Waals surface area contributed by atoms with Crippen molar-refractivity contribution in [2.75, 3.05) is 6.61 Å². The highest BCUT2D eigenvalue weighted by molar-refractivity contribution is 6.32. The fourth-order valence-electron chi connectivity index (χ4n) is 3.89. The summed E-state index contributed by atoms with van der Waals surface area (Å²) in [5.41, 5.74) is 2.81. The second-order valence-corrected chi connectivity index (χ2v) is 8.26. The van der Waals surface area contributed by atoms with Crippen molar-refractivity contribution < 1.29 is 14.3 Å². The molecule has 2 aromatic rings. The van der Waals surface area contributed by atoms with Crippen LogP contribution < -0.4 is 0 Å². The van der Waals surface area contributed by atoms with Gasteiger partial charge < -0.3 is 9.64 Å². The van der Waals surface area contributed by atoms with Crippen molar-refractivity contribution in [3.63, 3.8) is 0 Å². The van der Waals surface area contributed by atoms with Crippen LogP contribution in [0.3, 0.4) is 0 Å². The van der Waals surface area contributed by atoms with Gasteiger partial charge in [-0.25, -0.2) is 9.48 Å². The average Bonchev–Trinajstić information content (AvgIpc) is 3.54. The number of amides is 1. The minimum absolute atomic E-state index is 0.163. The number of hydrogen-bond acceptors (Lipinski definition) is 4. The largest absolute Gasteiger partial charge is 0.452 e. The SMILES string of the molecule is Cc1nn(Cc2ccccc2)c(Cl)c1C(=O)OCC(=O)N(C1=CCCCC1)C1CC1. The molecule has 1 aromatic carbocycles. The number of aryl methyl sites for hydroxylation is 1. The maximum absolute atomic E-state index is 12.8. The molecule has 30 heavy (non-hydrogen) atoms. The molecule has 0 aliphatic heterocycles. The van der Waals surface area contributed by atoms with Gasteiger partial charge in [0.25, 0.3) is 5.91 Å². The van der Waals surface area contributed by atoms with Gasteiger partial charge in [-0.3, -0.25) is 4.79 Å². The molecule has 2 aliphatic rings. The molecule has 1 amide bonds. The van der Waals surface area contributed by atoms with Crippen LogP contribution in [0.2, 0.25) is 5.15 Å². The number of hydrogen-bond donors (Lipinski definition) is 0. The highest BCUT2D eigenvalue weighted by atomic mass is 35.5. The van der Waals surface area contributed by atoms with Crippen molar-refractivity contribution in [2.45, 2.75) is 58.0 Å². The minimum atomic E-state index is -0.612. The van der Waals surface area contributed by atoms with Crippen molar-refractivity contribution in [1.82, 2.24) is 14.7 Å². The Bertz CT molecular complexity index is 964.